The van der Waals surface area contributed by atoms with Crippen molar-refractivity contribution in [3.63, 3.8) is 0 Å². The maximum Gasteiger partial charge on any atom is 0.241 e. The van der Waals surface area contributed by atoms with Crippen LogP contribution in [0.3, 0.4) is 0 Å². The van der Waals surface area contributed by atoms with E-state index in [-0.39, 0.29) is 5.91 Å². The van der Waals surface area contributed by atoms with Crippen molar-refractivity contribution < 1.29 is 14.1 Å². The molecule has 0 bridgehead atoms. The lowest BCUT2D eigenvalue weighted by atomic mass is 10.2. The summed E-state index contributed by atoms with van der Waals surface area (Å²) in [4.78, 5) is 21.4. The van der Waals surface area contributed by atoms with Gasteiger partial charge in [0.2, 0.25) is 17.6 Å². The summed E-state index contributed by atoms with van der Waals surface area (Å²) in [5, 5.41) is 11.4. The maximum absolute atomic E-state index is 12.5. The molecule has 0 unspecified atom stereocenters. The van der Waals surface area contributed by atoms with E-state index >= 15 is 0 Å². The molecule has 0 radical (unpaired) electrons. The van der Waals surface area contributed by atoms with Gasteiger partial charge in [0.25, 0.3) is 0 Å². The van der Waals surface area contributed by atoms with Crippen molar-refractivity contribution in [3.8, 4) is 17.1 Å². The topological polar surface area (TPSA) is 102 Å². The second kappa shape index (κ2) is 9.49. The van der Waals surface area contributed by atoms with Crippen LogP contribution in [0, 0.1) is 13.8 Å². The van der Waals surface area contributed by atoms with E-state index in [1.54, 1.807) is 11.8 Å². The normalized spacial score (nSPS) is 15.1. The van der Waals surface area contributed by atoms with Crippen molar-refractivity contribution in [1.82, 2.24) is 29.7 Å². The summed E-state index contributed by atoms with van der Waals surface area (Å²) in [5.74, 6) is 1.93. The van der Waals surface area contributed by atoms with Crippen molar-refractivity contribution in [2.45, 2.75) is 20.4 Å². The number of piperazine rings is 1. The van der Waals surface area contributed by atoms with Gasteiger partial charge in [0.15, 0.2) is 0 Å². The third-order valence-electron chi connectivity index (χ3n) is 5.78. The average molecular weight is 440 g/mol. The van der Waals surface area contributed by atoms with Crippen LogP contribution in [0.1, 0.15) is 17.3 Å². The molecule has 1 aliphatic rings. The van der Waals surface area contributed by atoms with E-state index in [1.165, 1.54) is 0 Å². The van der Waals surface area contributed by atoms with Crippen LogP contribution in [-0.2, 0) is 18.4 Å². The Morgan fingerprint density at radius 3 is 2.44 bits per heavy atom. The molecular formula is C22H29N7O3. The van der Waals surface area contributed by atoms with Gasteiger partial charge in [0.1, 0.15) is 5.75 Å². The number of ether oxygens (including phenoxy) is 1. The Morgan fingerprint density at radius 2 is 1.81 bits per heavy atom. The monoisotopic (exact) mass is 439 g/mol. The number of rotatable bonds is 7. The van der Waals surface area contributed by atoms with E-state index in [0.29, 0.717) is 24.8 Å². The molecule has 1 saturated heterocycles. The summed E-state index contributed by atoms with van der Waals surface area (Å²) < 4.78 is 12.4. The van der Waals surface area contributed by atoms with E-state index in [9.17, 15) is 4.79 Å². The Kier molecular flexibility index (Phi) is 6.52. The number of amides is 1. The lowest BCUT2D eigenvalue weighted by molar-refractivity contribution is -0.117. The van der Waals surface area contributed by atoms with E-state index in [4.69, 9.17) is 9.26 Å². The molecule has 1 N–H and O–H groups in total. The first-order valence-electron chi connectivity index (χ1n) is 10.6. The highest BCUT2D eigenvalue weighted by molar-refractivity contribution is 5.93. The number of hydrogen-bond acceptors (Lipinski definition) is 8. The number of methoxy groups -OCH3 is 1. The van der Waals surface area contributed by atoms with E-state index in [0.717, 1.165) is 54.6 Å². The number of anilines is 1. The summed E-state index contributed by atoms with van der Waals surface area (Å²) in [6.07, 6.45) is 0. The van der Waals surface area contributed by atoms with Crippen molar-refractivity contribution in [2.24, 2.45) is 7.05 Å². The summed E-state index contributed by atoms with van der Waals surface area (Å²) in [5.41, 5.74) is 3.47. The molecule has 1 fully saturated rings. The molecule has 170 valence electrons. The van der Waals surface area contributed by atoms with E-state index < -0.39 is 0 Å². The average Bonchev–Trinajstić information content (AvgIpc) is 3.35. The molecule has 1 aromatic carbocycles. The van der Waals surface area contributed by atoms with Gasteiger partial charge in [-0.25, -0.2) is 0 Å². The molecule has 10 nitrogen and oxygen atoms in total. The fourth-order valence-corrected chi connectivity index (χ4v) is 3.81. The zero-order valence-corrected chi connectivity index (χ0v) is 19.0. The lowest BCUT2D eigenvalue weighted by Gasteiger charge is -2.33. The van der Waals surface area contributed by atoms with E-state index in [2.05, 4.69) is 30.4 Å². The number of nitrogens with zero attached hydrogens (tertiary/aromatic N) is 6. The van der Waals surface area contributed by atoms with Crippen LogP contribution < -0.4 is 10.1 Å². The van der Waals surface area contributed by atoms with E-state index in [1.807, 2.05) is 45.2 Å². The maximum atomic E-state index is 12.5. The number of aryl methyl sites for hydroxylation is 2. The number of carbonyl (C=O) groups is 1. The number of aromatic nitrogens is 4. The second-order valence-corrected chi connectivity index (χ2v) is 8.01. The van der Waals surface area contributed by atoms with Crippen molar-refractivity contribution >= 4 is 11.6 Å². The van der Waals surface area contributed by atoms with Crippen LogP contribution in [-0.4, -0.2) is 75.5 Å². The third-order valence-corrected chi connectivity index (χ3v) is 5.78. The molecule has 1 amide bonds. The molecule has 10 heteroatoms. The molecule has 3 aromatic rings. The number of benzene rings is 1. The second-order valence-electron chi connectivity index (χ2n) is 8.01. The Morgan fingerprint density at radius 1 is 1.12 bits per heavy atom. The fraction of sp³-hybridized carbons (Fsp3) is 0.455. The molecule has 2 aromatic heterocycles. The highest BCUT2D eigenvalue weighted by Gasteiger charge is 2.22. The SMILES string of the molecule is COc1ccc(-c2noc(CN3CCN(CC(=O)Nc4c(C)nn(C)c4C)CC3)n2)cc1. The molecule has 0 atom stereocenters. The highest BCUT2D eigenvalue weighted by Crippen LogP contribution is 2.21. The molecule has 3 heterocycles. The molecule has 0 aliphatic carbocycles. The van der Waals surface area contributed by atoms with Crippen molar-refractivity contribution in [2.75, 3.05) is 45.2 Å². The molecule has 0 saturated carbocycles. The Balaban J connectivity index is 1.25. The van der Waals surface area contributed by atoms with Gasteiger partial charge in [-0.1, -0.05) is 5.16 Å². The van der Waals surface area contributed by atoms with Crippen LogP contribution in [0.4, 0.5) is 5.69 Å². The summed E-state index contributed by atoms with van der Waals surface area (Å²) >= 11 is 0. The minimum absolute atomic E-state index is 0.0151. The van der Waals surface area contributed by atoms with Gasteiger partial charge in [-0.2, -0.15) is 10.1 Å². The standard InChI is InChI=1S/C22H29N7O3/c1-15-21(16(2)27(3)25-15)23-19(30)13-28-9-11-29(12-10-28)14-20-24-22(26-32-20)17-5-7-18(31-4)8-6-17/h5-8H,9-14H2,1-4H3,(H,23,30). The van der Waals surface area contributed by atoms with Crippen LogP contribution in [0.5, 0.6) is 5.75 Å². The first kappa shape index (κ1) is 22.0. The Hall–Kier alpha value is -3.24. The van der Waals surface area contributed by atoms with Gasteiger partial charge < -0.3 is 14.6 Å². The zero-order valence-electron chi connectivity index (χ0n) is 19.0. The number of nitrogens with one attached hydrogen (secondary N) is 1. The van der Waals surface area contributed by atoms with Gasteiger partial charge in [0.05, 0.1) is 37.3 Å². The summed E-state index contributed by atoms with van der Waals surface area (Å²) in [6, 6.07) is 7.56. The smallest absolute Gasteiger partial charge is 0.241 e. The molecule has 0 spiro atoms. The predicted octanol–water partition coefficient (Wildman–Crippen LogP) is 1.85. The molecule has 32 heavy (non-hydrogen) atoms. The van der Waals surface area contributed by atoms with Gasteiger partial charge >= 0.3 is 0 Å². The first-order chi connectivity index (χ1) is 15.4. The largest absolute Gasteiger partial charge is 0.497 e. The van der Waals surface area contributed by atoms with Crippen LogP contribution in [0.25, 0.3) is 11.4 Å². The fourth-order valence-electron chi connectivity index (χ4n) is 3.81. The predicted molar refractivity (Wildman–Crippen MR) is 119 cm³/mol. The minimum Gasteiger partial charge on any atom is -0.497 e. The Bertz CT molecular complexity index is 1070. The molecular weight excluding hydrogens is 410 g/mol. The van der Waals surface area contributed by atoms with Gasteiger partial charge in [-0.05, 0) is 38.1 Å². The quantitative estimate of drug-likeness (QED) is 0.595. The van der Waals surface area contributed by atoms with Gasteiger partial charge in [-0.3, -0.25) is 19.3 Å². The van der Waals surface area contributed by atoms with Crippen LogP contribution in [0.2, 0.25) is 0 Å². The van der Waals surface area contributed by atoms with Crippen molar-refractivity contribution in [3.05, 3.63) is 41.5 Å². The molecule has 4 rings (SSSR count). The number of carbonyl (C=O) groups excluding carboxylic acids is 1. The van der Waals surface area contributed by atoms with Gasteiger partial charge in [0, 0.05) is 38.8 Å². The highest BCUT2D eigenvalue weighted by atomic mass is 16.5. The zero-order chi connectivity index (χ0) is 22.7. The van der Waals surface area contributed by atoms with Crippen LogP contribution in [0.15, 0.2) is 28.8 Å². The summed E-state index contributed by atoms with van der Waals surface area (Å²) in [7, 11) is 3.51. The third kappa shape index (κ3) is 4.97. The van der Waals surface area contributed by atoms with Crippen molar-refractivity contribution in [1.29, 1.82) is 0 Å². The first-order valence-corrected chi connectivity index (χ1v) is 10.6. The van der Waals surface area contributed by atoms with Crippen LogP contribution >= 0.6 is 0 Å². The summed E-state index contributed by atoms with van der Waals surface area (Å²) in [6.45, 7) is 8.08. The lowest BCUT2D eigenvalue weighted by Crippen LogP contribution is -2.48. The minimum atomic E-state index is -0.0151. The van der Waals surface area contributed by atoms with Gasteiger partial charge in [-0.15, -0.1) is 0 Å². The Labute approximate surface area is 187 Å². The number of hydrogen-bond donors (Lipinski definition) is 1. The molecule has 1 aliphatic heterocycles.